The Morgan fingerprint density at radius 2 is 1.89 bits per heavy atom. The summed E-state index contributed by atoms with van der Waals surface area (Å²) in [6.07, 6.45) is 2.64. The van der Waals surface area contributed by atoms with Gasteiger partial charge in [-0.1, -0.05) is 30.3 Å². The molecule has 4 saturated carbocycles. The zero-order chi connectivity index (χ0) is 25.7. The quantitative estimate of drug-likeness (QED) is 0.547. The lowest BCUT2D eigenvalue weighted by Gasteiger charge is -2.67. The largest absolute Gasteiger partial charge is 0.465 e. The molecule has 1 aromatic carbocycles. The Morgan fingerprint density at radius 1 is 1.19 bits per heavy atom. The van der Waals surface area contributed by atoms with Gasteiger partial charge in [0.1, 0.15) is 12.4 Å². The van der Waals surface area contributed by atoms with Crippen LogP contribution in [0.3, 0.4) is 0 Å². The van der Waals surface area contributed by atoms with Gasteiger partial charge in [-0.25, -0.2) is 14.3 Å². The number of hydrogen-bond acceptors (Lipinski definition) is 5. The van der Waals surface area contributed by atoms with Crippen LogP contribution in [0.1, 0.15) is 70.1 Å². The first-order chi connectivity index (χ1) is 17.1. The number of methoxy groups -OCH3 is 1. The van der Waals surface area contributed by atoms with Crippen molar-refractivity contribution in [3.05, 3.63) is 47.7 Å². The fraction of sp³-hybridized carbons (Fsp3) is 0.593. The highest BCUT2D eigenvalue weighted by Gasteiger charge is 2.64. The van der Waals surface area contributed by atoms with E-state index in [1.54, 1.807) is 16.7 Å². The van der Waals surface area contributed by atoms with E-state index in [0.29, 0.717) is 24.6 Å². The van der Waals surface area contributed by atoms with Gasteiger partial charge in [0, 0.05) is 24.6 Å². The lowest BCUT2D eigenvalue weighted by atomic mass is 9.49. The standard InChI is InChI=1S/C27H36N4O5/c1-26(2,3)31-23(28-24(32)36-16-17-8-6-5-7-9-17)12-20(29-31)19-10-21(22(11-19)35-4)30(25(33)34)27-13-18(14-27)15-27/h5-9,12,18-19,21-22H,10-11,13-16H2,1-4H3,(H,28,32)(H,33,34)/t18?,19-,21-,22+,27?/m0/s1. The van der Waals surface area contributed by atoms with Crippen molar-refractivity contribution in [1.82, 2.24) is 14.7 Å². The van der Waals surface area contributed by atoms with Gasteiger partial charge in [-0.15, -0.1) is 0 Å². The highest BCUT2D eigenvalue weighted by Crippen LogP contribution is 2.62. The molecular formula is C27H36N4O5. The number of anilines is 1. The number of rotatable bonds is 7. The number of amides is 2. The summed E-state index contributed by atoms with van der Waals surface area (Å²) in [7, 11) is 1.66. The van der Waals surface area contributed by atoms with Crippen molar-refractivity contribution < 1.29 is 24.2 Å². The molecule has 6 rings (SSSR count). The minimum atomic E-state index is -0.857. The molecule has 194 valence electrons. The Hall–Kier alpha value is -3.07. The van der Waals surface area contributed by atoms with E-state index in [9.17, 15) is 14.7 Å². The average molecular weight is 497 g/mol. The SMILES string of the molecule is CO[C@@H]1C[C@@H](c2cc(NC(=O)OCc3ccccc3)n(C(C)(C)C)n2)C[C@@H]1N(C(=O)O)C12CC(C1)C2. The summed E-state index contributed by atoms with van der Waals surface area (Å²) in [5.41, 5.74) is 1.16. The first kappa shape index (κ1) is 24.6. The number of nitrogens with zero attached hydrogens (tertiary/aromatic N) is 3. The van der Waals surface area contributed by atoms with E-state index in [-0.39, 0.29) is 35.7 Å². The van der Waals surface area contributed by atoms with E-state index in [2.05, 4.69) is 5.32 Å². The van der Waals surface area contributed by atoms with Crippen molar-refractivity contribution in [1.29, 1.82) is 0 Å². The van der Waals surface area contributed by atoms with Crippen LogP contribution in [0.2, 0.25) is 0 Å². The maximum Gasteiger partial charge on any atom is 0.413 e. The fourth-order valence-electron chi connectivity index (χ4n) is 6.23. The summed E-state index contributed by atoms with van der Waals surface area (Å²) < 4.78 is 13.0. The van der Waals surface area contributed by atoms with Crippen molar-refractivity contribution >= 4 is 18.0 Å². The molecule has 0 saturated heterocycles. The van der Waals surface area contributed by atoms with Crippen LogP contribution in [0.4, 0.5) is 15.4 Å². The Balaban J connectivity index is 1.33. The Bertz CT molecular complexity index is 1110. The molecule has 9 heteroatoms. The summed E-state index contributed by atoms with van der Waals surface area (Å²) in [6, 6.07) is 11.2. The molecule has 2 aromatic rings. The minimum Gasteiger partial charge on any atom is -0.465 e. The molecule has 0 unspecified atom stereocenters. The molecule has 4 fully saturated rings. The molecule has 2 bridgehead atoms. The predicted molar refractivity (Wildman–Crippen MR) is 134 cm³/mol. The number of carbonyl (C=O) groups is 2. The van der Waals surface area contributed by atoms with Gasteiger partial charge in [0.15, 0.2) is 0 Å². The van der Waals surface area contributed by atoms with Gasteiger partial charge in [0.2, 0.25) is 0 Å². The molecule has 0 aliphatic heterocycles. The highest BCUT2D eigenvalue weighted by atomic mass is 16.5. The first-order valence-corrected chi connectivity index (χ1v) is 12.7. The molecule has 4 aliphatic rings. The smallest absolute Gasteiger partial charge is 0.413 e. The van der Waals surface area contributed by atoms with Crippen molar-refractivity contribution in [2.45, 2.75) is 88.6 Å². The maximum absolute atomic E-state index is 12.6. The zero-order valence-electron chi connectivity index (χ0n) is 21.4. The van der Waals surface area contributed by atoms with Crippen molar-refractivity contribution in [2.24, 2.45) is 5.92 Å². The number of ether oxygens (including phenoxy) is 2. The van der Waals surface area contributed by atoms with Gasteiger partial charge in [0.05, 0.1) is 23.4 Å². The van der Waals surface area contributed by atoms with Crippen LogP contribution in [0, 0.1) is 5.92 Å². The van der Waals surface area contributed by atoms with E-state index in [0.717, 1.165) is 30.5 Å². The topological polar surface area (TPSA) is 106 Å². The predicted octanol–water partition coefficient (Wildman–Crippen LogP) is 5.18. The molecule has 2 amide bonds. The highest BCUT2D eigenvalue weighted by molar-refractivity contribution is 5.83. The summed E-state index contributed by atoms with van der Waals surface area (Å²) in [6.45, 7) is 6.24. The second-order valence-electron chi connectivity index (χ2n) is 11.6. The van der Waals surface area contributed by atoms with Crippen molar-refractivity contribution in [2.75, 3.05) is 12.4 Å². The van der Waals surface area contributed by atoms with Gasteiger partial charge >= 0.3 is 12.2 Å². The molecule has 0 radical (unpaired) electrons. The molecule has 36 heavy (non-hydrogen) atoms. The van der Waals surface area contributed by atoms with Gasteiger partial charge in [-0.2, -0.15) is 5.10 Å². The van der Waals surface area contributed by atoms with Gasteiger partial charge < -0.3 is 14.6 Å². The second kappa shape index (κ2) is 9.10. The lowest BCUT2D eigenvalue weighted by molar-refractivity contribution is -0.154. The zero-order valence-corrected chi connectivity index (χ0v) is 21.4. The number of aromatic nitrogens is 2. The third kappa shape index (κ3) is 4.45. The molecule has 9 nitrogen and oxygen atoms in total. The molecule has 3 atom stereocenters. The summed E-state index contributed by atoms with van der Waals surface area (Å²) in [5.74, 6) is 1.27. The molecule has 2 N–H and O–H groups in total. The molecular weight excluding hydrogens is 460 g/mol. The summed E-state index contributed by atoms with van der Waals surface area (Å²) in [5, 5.41) is 17.8. The monoisotopic (exact) mass is 496 g/mol. The lowest BCUT2D eigenvalue weighted by Crippen LogP contribution is -2.72. The number of nitrogens with one attached hydrogen (secondary N) is 1. The molecule has 0 spiro atoms. The summed E-state index contributed by atoms with van der Waals surface area (Å²) in [4.78, 5) is 26.6. The number of carboxylic acid groups (broad SMARTS) is 1. The normalized spacial score (nSPS) is 28.7. The van der Waals surface area contributed by atoms with Crippen LogP contribution < -0.4 is 5.32 Å². The Kier molecular flexibility index (Phi) is 6.22. The molecule has 1 heterocycles. The number of hydrogen-bond donors (Lipinski definition) is 2. The number of carbonyl (C=O) groups excluding carboxylic acids is 1. The van der Waals surface area contributed by atoms with E-state index < -0.39 is 12.2 Å². The molecule has 1 aromatic heterocycles. The van der Waals surface area contributed by atoms with Crippen LogP contribution in [-0.2, 0) is 21.6 Å². The van der Waals surface area contributed by atoms with Crippen LogP contribution in [0.15, 0.2) is 36.4 Å². The second-order valence-corrected chi connectivity index (χ2v) is 11.6. The summed E-state index contributed by atoms with van der Waals surface area (Å²) >= 11 is 0. The molecule has 4 aliphatic carbocycles. The van der Waals surface area contributed by atoms with Crippen LogP contribution in [0.5, 0.6) is 0 Å². The third-order valence-electron chi connectivity index (χ3n) is 8.05. The minimum absolute atomic E-state index is 0.0265. The number of benzene rings is 1. The third-order valence-corrected chi connectivity index (χ3v) is 8.05. The van der Waals surface area contributed by atoms with Gasteiger partial charge in [0.25, 0.3) is 0 Å². The van der Waals surface area contributed by atoms with Gasteiger partial charge in [-0.3, -0.25) is 10.2 Å². The van der Waals surface area contributed by atoms with Crippen molar-refractivity contribution in [3.8, 4) is 0 Å². The van der Waals surface area contributed by atoms with E-state index in [4.69, 9.17) is 14.6 Å². The van der Waals surface area contributed by atoms with E-state index in [1.165, 1.54) is 0 Å². The van der Waals surface area contributed by atoms with Crippen LogP contribution >= 0.6 is 0 Å². The van der Waals surface area contributed by atoms with E-state index in [1.807, 2.05) is 57.2 Å². The van der Waals surface area contributed by atoms with E-state index >= 15 is 0 Å². The average Bonchev–Trinajstić information content (AvgIpc) is 3.38. The maximum atomic E-state index is 12.6. The Labute approximate surface area is 211 Å². The van der Waals surface area contributed by atoms with Gasteiger partial charge in [-0.05, 0) is 64.4 Å². The van der Waals surface area contributed by atoms with Crippen LogP contribution in [-0.4, -0.2) is 56.8 Å². The van der Waals surface area contributed by atoms with Crippen molar-refractivity contribution in [3.63, 3.8) is 0 Å². The Morgan fingerprint density at radius 3 is 2.44 bits per heavy atom. The van der Waals surface area contributed by atoms with Crippen LogP contribution in [0.25, 0.3) is 0 Å². The first-order valence-electron chi connectivity index (χ1n) is 12.7. The fourth-order valence-corrected chi connectivity index (χ4v) is 6.23.